The summed E-state index contributed by atoms with van der Waals surface area (Å²) in [6, 6.07) is 16.5. The second-order valence-corrected chi connectivity index (χ2v) is 7.71. The minimum atomic E-state index is -0.260. The predicted octanol–water partition coefficient (Wildman–Crippen LogP) is 3.86. The molecule has 2 aromatic rings. The Kier molecular flexibility index (Phi) is 5.91. The monoisotopic (exact) mass is 382 g/mol. The first-order valence-electron chi connectivity index (χ1n) is 10.2. The first-order chi connectivity index (χ1) is 13.7. The molecule has 0 spiro atoms. The number of carbonyl (C=O) groups is 1. The smallest absolute Gasteiger partial charge is 0.239 e. The van der Waals surface area contributed by atoms with Crippen LogP contribution in [0, 0.1) is 5.82 Å². The molecule has 0 aromatic heterocycles. The van der Waals surface area contributed by atoms with Crippen molar-refractivity contribution in [2.24, 2.45) is 0 Å². The lowest BCUT2D eigenvalue weighted by molar-refractivity contribution is -0.138. The lowest BCUT2D eigenvalue weighted by Gasteiger charge is -2.35. The van der Waals surface area contributed by atoms with Crippen molar-refractivity contribution >= 4 is 5.91 Å². The lowest BCUT2D eigenvalue weighted by Crippen LogP contribution is -2.49. The first-order valence-corrected chi connectivity index (χ1v) is 10.2. The zero-order chi connectivity index (χ0) is 19.3. The van der Waals surface area contributed by atoms with E-state index in [9.17, 15) is 9.18 Å². The largest absolute Gasteiger partial charge is 0.490 e. The van der Waals surface area contributed by atoms with Crippen LogP contribution in [0.2, 0.25) is 0 Å². The van der Waals surface area contributed by atoms with Crippen LogP contribution in [-0.2, 0) is 11.3 Å². The van der Waals surface area contributed by atoms with E-state index in [1.165, 1.54) is 17.7 Å². The van der Waals surface area contributed by atoms with Crippen molar-refractivity contribution in [2.45, 2.75) is 44.4 Å². The Labute approximate surface area is 165 Å². The number of rotatable bonds is 5. The number of carbonyl (C=O) groups excluding carboxylic acids is 1. The lowest BCUT2D eigenvalue weighted by atomic mass is 10.1. The van der Waals surface area contributed by atoms with Gasteiger partial charge in [-0.05, 0) is 49.2 Å². The van der Waals surface area contributed by atoms with E-state index in [1.54, 1.807) is 12.1 Å². The van der Waals surface area contributed by atoms with Crippen LogP contribution in [0.3, 0.4) is 0 Å². The fraction of sp³-hybridized carbons (Fsp3) is 0.435. The molecule has 1 atom stereocenters. The number of piperidine rings is 1. The van der Waals surface area contributed by atoms with Gasteiger partial charge < -0.3 is 9.64 Å². The molecule has 0 N–H and O–H groups in total. The van der Waals surface area contributed by atoms with Crippen LogP contribution in [0.1, 0.15) is 31.2 Å². The van der Waals surface area contributed by atoms with Crippen molar-refractivity contribution in [3.05, 3.63) is 66.0 Å². The van der Waals surface area contributed by atoms with E-state index in [4.69, 9.17) is 4.74 Å². The van der Waals surface area contributed by atoms with E-state index in [0.29, 0.717) is 5.75 Å². The molecule has 2 heterocycles. The van der Waals surface area contributed by atoms with Gasteiger partial charge in [0.15, 0.2) is 0 Å². The number of amides is 1. The molecule has 148 valence electrons. The highest BCUT2D eigenvalue weighted by molar-refractivity contribution is 5.82. The molecule has 4 rings (SSSR count). The molecule has 5 heteroatoms. The molecule has 2 aliphatic rings. The fourth-order valence-electron chi connectivity index (χ4n) is 4.22. The maximum atomic E-state index is 13.1. The second-order valence-electron chi connectivity index (χ2n) is 7.71. The van der Waals surface area contributed by atoms with Crippen LogP contribution in [-0.4, -0.2) is 47.5 Å². The summed E-state index contributed by atoms with van der Waals surface area (Å²) in [5, 5.41) is 0. The van der Waals surface area contributed by atoms with E-state index < -0.39 is 0 Å². The second kappa shape index (κ2) is 8.74. The van der Waals surface area contributed by atoms with Crippen molar-refractivity contribution in [3.8, 4) is 5.75 Å². The predicted molar refractivity (Wildman–Crippen MR) is 107 cm³/mol. The van der Waals surface area contributed by atoms with Crippen molar-refractivity contribution < 1.29 is 13.9 Å². The molecule has 0 unspecified atom stereocenters. The summed E-state index contributed by atoms with van der Waals surface area (Å²) in [5.74, 6) is 0.689. The highest BCUT2D eigenvalue weighted by Crippen LogP contribution is 2.25. The molecule has 0 bridgehead atoms. The summed E-state index contributed by atoms with van der Waals surface area (Å²) in [5.41, 5.74) is 1.26. The summed E-state index contributed by atoms with van der Waals surface area (Å²) in [4.78, 5) is 17.4. The number of hydrogen-bond donors (Lipinski definition) is 0. The number of hydrogen-bond acceptors (Lipinski definition) is 3. The average molecular weight is 382 g/mol. The Morgan fingerprint density at radius 1 is 0.964 bits per heavy atom. The van der Waals surface area contributed by atoms with Gasteiger partial charge in [-0.25, -0.2) is 4.39 Å². The molecule has 0 aliphatic carbocycles. The molecule has 2 aliphatic heterocycles. The van der Waals surface area contributed by atoms with Gasteiger partial charge in [-0.1, -0.05) is 30.3 Å². The van der Waals surface area contributed by atoms with Crippen LogP contribution in [0.5, 0.6) is 5.75 Å². The molecular formula is C23H27FN2O2. The summed E-state index contributed by atoms with van der Waals surface area (Å²) >= 11 is 0. The molecule has 4 nitrogen and oxygen atoms in total. The van der Waals surface area contributed by atoms with Crippen LogP contribution >= 0.6 is 0 Å². The summed E-state index contributed by atoms with van der Waals surface area (Å²) in [6.45, 7) is 3.26. The number of halogens is 1. The highest BCUT2D eigenvalue weighted by atomic mass is 19.1. The number of likely N-dealkylation sites (tertiary alicyclic amines) is 2. The Morgan fingerprint density at radius 2 is 1.68 bits per heavy atom. The number of benzene rings is 2. The molecule has 2 fully saturated rings. The van der Waals surface area contributed by atoms with E-state index >= 15 is 0 Å². The van der Waals surface area contributed by atoms with Gasteiger partial charge in [0.2, 0.25) is 5.91 Å². The quantitative estimate of drug-likeness (QED) is 0.787. The molecular weight excluding hydrogens is 355 g/mol. The van der Waals surface area contributed by atoms with Crippen LogP contribution < -0.4 is 4.74 Å². The zero-order valence-corrected chi connectivity index (χ0v) is 16.1. The Balaban J connectivity index is 1.30. The maximum Gasteiger partial charge on any atom is 0.239 e. The van der Waals surface area contributed by atoms with Gasteiger partial charge in [0.05, 0.1) is 6.04 Å². The molecule has 2 aromatic carbocycles. The van der Waals surface area contributed by atoms with Gasteiger partial charge in [-0.3, -0.25) is 9.69 Å². The van der Waals surface area contributed by atoms with Crippen LogP contribution in [0.25, 0.3) is 0 Å². The van der Waals surface area contributed by atoms with Crippen molar-refractivity contribution in [1.82, 2.24) is 9.80 Å². The van der Waals surface area contributed by atoms with Crippen molar-refractivity contribution in [3.63, 3.8) is 0 Å². The maximum absolute atomic E-state index is 13.1. The molecule has 1 amide bonds. The minimum absolute atomic E-state index is 0.00484. The normalized spacial score (nSPS) is 21.0. The van der Waals surface area contributed by atoms with Crippen LogP contribution in [0.4, 0.5) is 4.39 Å². The van der Waals surface area contributed by atoms with E-state index in [-0.39, 0.29) is 23.9 Å². The summed E-state index contributed by atoms with van der Waals surface area (Å²) in [7, 11) is 0. The zero-order valence-electron chi connectivity index (χ0n) is 16.1. The first kappa shape index (κ1) is 18.9. The van der Waals surface area contributed by atoms with E-state index in [1.807, 2.05) is 23.1 Å². The Hall–Kier alpha value is -2.40. The average Bonchev–Trinajstić information content (AvgIpc) is 3.18. The molecule has 0 saturated carbocycles. The summed E-state index contributed by atoms with van der Waals surface area (Å²) < 4.78 is 19.0. The third kappa shape index (κ3) is 4.53. The molecule has 0 radical (unpaired) electrons. The van der Waals surface area contributed by atoms with Crippen molar-refractivity contribution in [2.75, 3.05) is 19.6 Å². The van der Waals surface area contributed by atoms with Gasteiger partial charge in [0.1, 0.15) is 17.7 Å². The fourth-order valence-corrected chi connectivity index (χ4v) is 4.22. The highest BCUT2D eigenvalue weighted by Gasteiger charge is 2.35. The van der Waals surface area contributed by atoms with E-state index in [0.717, 1.165) is 51.9 Å². The number of ether oxygens (including phenoxy) is 1. The summed E-state index contributed by atoms with van der Waals surface area (Å²) in [6.07, 6.45) is 3.73. The van der Waals surface area contributed by atoms with Gasteiger partial charge in [-0.15, -0.1) is 0 Å². The third-order valence-electron chi connectivity index (χ3n) is 5.75. The van der Waals surface area contributed by atoms with Gasteiger partial charge in [0, 0.05) is 32.5 Å². The van der Waals surface area contributed by atoms with E-state index in [2.05, 4.69) is 17.0 Å². The van der Waals surface area contributed by atoms with Gasteiger partial charge >= 0.3 is 0 Å². The Morgan fingerprint density at radius 3 is 2.39 bits per heavy atom. The van der Waals surface area contributed by atoms with Gasteiger partial charge in [0.25, 0.3) is 0 Å². The third-order valence-corrected chi connectivity index (χ3v) is 5.75. The molecule has 2 saturated heterocycles. The SMILES string of the molecule is O=C([C@@H]1CCCN1Cc1ccccc1)N1CCC(Oc2ccc(F)cc2)CC1. The Bertz CT molecular complexity index is 773. The topological polar surface area (TPSA) is 32.8 Å². The number of nitrogens with zero attached hydrogens (tertiary/aromatic N) is 2. The minimum Gasteiger partial charge on any atom is -0.490 e. The van der Waals surface area contributed by atoms with Crippen LogP contribution in [0.15, 0.2) is 54.6 Å². The van der Waals surface area contributed by atoms with Crippen molar-refractivity contribution in [1.29, 1.82) is 0 Å². The standard InChI is InChI=1S/C23H27FN2O2/c24-19-8-10-20(11-9-19)28-21-12-15-25(16-13-21)23(27)22-7-4-14-26(22)17-18-5-2-1-3-6-18/h1-3,5-6,8-11,21-22H,4,7,12-17H2/t22-/m0/s1. The molecule has 28 heavy (non-hydrogen) atoms. The van der Waals surface area contributed by atoms with Gasteiger partial charge in [-0.2, -0.15) is 0 Å².